The van der Waals surface area contributed by atoms with Gasteiger partial charge in [0.05, 0.1) is 13.0 Å². The Hall–Kier alpha value is -1.47. The van der Waals surface area contributed by atoms with Crippen LogP contribution < -0.4 is 5.32 Å². The number of aromatic nitrogens is 3. The molecule has 0 aromatic carbocycles. The van der Waals surface area contributed by atoms with Gasteiger partial charge in [0.1, 0.15) is 5.82 Å². The molecule has 1 amide bonds. The molecule has 0 fully saturated rings. The fourth-order valence-electron chi connectivity index (χ4n) is 1.56. The Balaban J connectivity index is 1.92. The van der Waals surface area contributed by atoms with Crippen molar-refractivity contribution in [2.24, 2.45) is 7.05 Å². The third-order valence-electron chi connectivity index (χ3n) is 2.61. The van der Waals surface area contributed by atoms with Crippen molar-refractivity contribution in [3.05, 3.63) is 32.7 Å². The first-order valence-electron chi connectivity index (χ1n) is 5.47. The Morgan fingerprint density at radius 3 is 3.00 bits per heavy atom. The number of hydrogen-bond acceptors (Lipinski definition) is 4. The maximum atomic E-state index is 11.8. The van der Waals surface area contributed by atoms with Crippen LogP contribution in [-0.4, -0.2) is 20.4 Å². The molecule has 2 rings (SSSR count). The van der Waals surface area contributed by atoms with Gasteiger partial charge in [0.15, 0.2) is 3.95 Å². The number of H-pyrrole nitrogens is 1. The number of thiazole rings is 1. The average molecular weight is 282 g/mol. The lowest BCUT2D eigenvalue weighted by Crippen LogP contribution is -2.25. The van der Waals surface area contributed by atoms with Gasteiger partial charge in [-0.25, -0.2) is 4.98 Å². The van der Waals surface area contributed by atoms with Gasteiger partial charge in [-0.2, -0.15) is 0 Å². The fraction of sp³-hybridized carbons (Fsp3) is 0.364. The molecule has 96 valence electrons. The van der Waals surface area contributed by atoms with Crippen molar-refractivity contribution >= 4 is 29.5 Å². The standard InChI is InChI=1S/C11H14N4OS2/c1-7-8(18-11(17)14-7)5-10(16)13-6-9-12-3-4-15(9)2/h3-4H,5-6H2,1-2H3,(H,13,16)(H,14,17). The fourth-order valence-corrected chi connectivity index (χ4v) is 2.85. The molecule has 0 bridgehead atoms. The number of aryl methyl sites for hydroxylation is 2. The van der Waals surface area contributed by atoms with Crippen LogP contribution in [0.2, 0.25) is 0 Å². The van der Waals surface area contributed by atoms with E-state index in [1.165, 1.54) is 11.3 Å². The van der Waals surface area contributed by atoms with Crippen molar-refractivity contribution in [1.29, 1.82) is 0 Å². The van der Waals surface area contributed by atoms with Gasteiger partial charge in [0.2, 0.25) is 5.91 Å². The monoisotopic (exact) mass is 282 g/mol. The minimum atomic E-state index is -0.0219. The van der Waals surface area contributed by atoms with Crippen molar-refractivity contribution in [2.45, 2.75) is 19.9 Å². The van der Waals surface area contributed by atoms with Crippen LogP contribution in [0.15, 0.2) is 12.4 Å². The second-order valence-corrected chi connectivity index (χ2v) is 5.74. The molecule has 0 saturated carbocycles. The molecular weight excluding hydrogens is 268 g/mol. The van der Waals surface area contributed by atoms with Gasteiger partial charge in [-0.15, -0.1) is 11.3 Å². The lowest BCUT2D eigenvalue weighted by Gasteiger charge is -2.04. The minimum Gasteiger partial charge on any atom is -0.349 e. The summed E-state index contributed by atoms with van der Waals surface area (Å²) in [6.45, 7) is 2.37. The van der Waals surface area contributed by atoms with E-state index < -0.39 is 0 Å². The Labute approximate surface area is 114 Å². The number of amides is 1. The number of aromatic amines is 1. The molecule has 0 unspecified atom stereocenters. The molecule has 0 radical (unpaired) electrons. The maximum Gasteiger partial charge on any atom is 0.225 e. The summed E-state index contributed by atoms with van der Waals surface area (Å²) in [5.74, 6) is 0.813. The highest BCUT2D eigenvalue weighted by Gasteiger charge is 2.09. The van der Waals surface area contributed by atoms with Crippen molar-refractivity contribution < 1.29 is 4.79 Å². The molecule has 0 aliphatic carbocycles. The summed E-state index contributed by atoms with van der Waals surface area (Å²) in [7, 11) is 1.90. The van der Waals surface area contributed by atoms with Crippen molar-refractivity contribution in [1.82, 2.24) is 19.9 Å². The summed E-state index contributed by atoms with van der Waals surface area (Å²) < 4.78 is 2.59. The molecule has 2 heterocycles. The Morgan fingerprint density at radius 2 is 2.44 bits per heavy atom. The number of nitrogens with zero attached hydrogens (tertiary/aromatic N) is 2. The van der Waals surface area contributed by atoms with E-state index in [1.54, 1.807) is 6.20 Å². The Morgan fingerprint density at radius 1 is 1.67 bits per heavy atom. The second kappa shape index (κ2) is 5.45. The minimum absolute atomic E-state index is 0.0219. The first-order valence-corrected chi connectivity index (χ1v) is 6.70. The van der Waals surface area contributed by atoms with Gasteiger partial charge in [-0.05, 0) is 19.1 Å². The molecule has 2 aromatic rings. The van der Waals surface area contributed by atoms with E-state index in [4.69, 9.17) is 12.2 Å². The zero-order valence-corrected chi connectivity index (χ0v) is 11.8. The largest absolute Gasteiger partial charge is 0.349 e. The summed E-state index contributed by atoms with van der Waals surface area (Å²) in [6, 6.07) is 0. The molecule has 5 nitrogen and oxygen atoms in total. The normalized spacial score (nSPS) is 10.6. The summed E-state index contributed by atoms with van der Waals surface area (Å²) in [4.78, 5) is 19.9. The summed E-state index contributed by atoms with van der Waals surface area (Å²) in [6.07, 6.45) is 3.92. The first-order chi connectivity index (χ1) is 8.56. The Kier molecular flexibility index (Phi) is 3.93. The first kappa shape index (κ1) is 13.0. The van der Waals surface area contributed by atoms with Crippen LogP contribution in [0, 0.1) is 10.9 Å². The summed E-state index contributed by atoms with van der Waals surface area (Å²) in [5, 5.41) is 2.85. The quantitative estimate of drug-likeness (QED) is 0.839. The predicted molar refractivity (Wildman–Crippen MR) is 73.0 cm³/mol. The van der Waals surface area contributed by atoms with Crippen LogP contribution in [0.4, 0.5) is 0 Å². The molecule has 0 aliphatic heterocycles. The topological polar surface area (TPSA) is 62.7 Å². The molecule has 18 heavy (non-hydrogen) atoms. The lowest BCUT2D eigenvalue weighted by atomic mass is 10.3. The Bertz CT molecular complexity index is 611. The number of carbonyl (C=O) groups is 1. The van der Waals surface area contributed by atoms with E-state index in [2.05, 4.69) is 15.3 Å². The van der Waals surface area contributed by atoms with E-state index >= 15 is 0 Å². The highest BCUT2D eigenvalue weighted by molar-refractivity contribution is 7.73. The van der Waals surface area contributed by atoms with Crippen LogP contribution in [0.25, 0.3) is 0 Å². The van der Waals surface area contributed by atoms with Gasteiger partial charge in [-0.1, -0.05) is 0 Å². The third kappa shape index (κ3) is 3.05. The van der Waals surface area contributed by atoms with Crippen LogP contribution in [0.1, 0.15) is 16.4 Å². The second-order valence-electron chi connectivity index (χ2n) is 3.97. The number of rotatable bonds is 4. The molecule has 7 heteroatoms. The van der Waals surface area contributed by atoms with Crippen molar-refractivity contribution in [2.75, 3.05) is 0 Å². The maximum absolute atomic E-state index is 11.8. The summed E-state index contributed by atoms with van der Waals surface area (Å²) >= 11 is 6.48. The number of imidazole rings is 1. The lowest BCUT2D eigenvalue weighted by molar-refractivity contribution is -0.120. The number of nitrogens with one attached hydrogen (secondary N) is 2. The number of hydrogen-bond donors (Lipinski definition) is 2. The zero-order chi connectivity index (χ0) is 13.1. The smallest absolute Gasteiger partial charge is 0.225 e. The van der Waals surface area contributed by atoms with E-state index in [-0.39, 0.29) is 5.91 Å². The zero-order valence-electron chi connectivity index (χ0n) is 10.2. The van der Waals surface area contributed by atoms with E-state index in [0.717, 1.165) is 16.4 Å². The highest BCUT2D eigenvalue weighted by atomic mass is 32.1. The summed E-state index contributed by atoms with van der Waals surface area (Å²) in [5.41, 5.74) is 0.970. The number of carbonyl (C=O) groups excluding carboxylic acids is 1. The predicted octanol–water partition coefficient (Wildman–Crippen LogP) is 1.71. The van der Waals surface area contributed by atoms with Gasteiger partial charge >= 0.3 is 0 Å². The molecule has 2 N–H and O–H groups in total. The van der Waals surface area contributed by atoms with Crippen LogP contribution in [0.3, 0.4) is 0 Å². The van der Waals surface area contributed by atoms with Crippen molar-refractivity contribution in [3.8, 4) is 0 Å². The molecule has 0 aliphatic rings. The van der Waals surface area contributed by atoms with Gasteiger partial charge in [0, 0.05) is 30.0 Å². The molecular formula is C11H14N4OS2. The molecule has 2 aromatic heterocycles. The van der Waals surface area contributed by atoms with Gasteiger partial charge in [-0.3, -0.25) is 4.79 Å². The van der Waals surface area contributed by atoms with Gasteiger partial charge in [0.25, 0.3) is 0 Å². The van der Waals surface area contributed by atoms with Crippen molar-refractivity contribution in [3.63, 3.8) is 0 Å². The SMILES string of the molecule is Cc1[nH]c(=S)sc1CC(=O)NCc1nccn1C. The molecule has 0 atom stereocenters. The van der Waals surface area contributed by atoms with E-state index in [0.29, 0.717) is 16.9 Å². The average Bonchev–Trinajstić information content (AvgIpc) is 2.83. The molecule has 0 spiro atoms. The van der Waals surface area contributed by atoms with E-state index in [9.17, 15) is 4.79 Å². The van der Waals surface area contributed by atoms with Crippen LogP contribution in [-0.2, 0) is 24.8 Å². The van der Waals surface area contributed by atoms with E-state index in [1.807, 2.05) is 24.7 Å². The highest BCUT2D eigenvalue weighted by Crippen LogP contribution is 2.14. The molecule has 0 saturated heterocycles. The third-order valence-corrected chi connectivity index (χ3v) is 3.95. The van der Waals surface area contributed by atoms with Crippen LogP contribution in [0.5, 0.6) is 0 Å². The van der Waals surface area contributed by atoms with Crippen LogP contribution >= 0.6 is 23.6 Å². The van der Waals surface area contributed by atoms with Gasteiger partial charge < -0.3 is 14.9 Å².